The maximum Gasteiger partial charge on any atom is 0.329 e. The molecule has 1 aliphatic heterocycles. The zero-order valence-electron chi connectivity index (χ0n) is 13.1. The number of nitrogens with zero attached hydrogens (tertiary/aromatic N) is 2. The van der Waals surface area contributed by atoms with Crippen molar-refractivity contribution >= 4 is 23.3 Å². The molecule has 1 unspecified atom stereocenters. The molecular formula is C18H17N3O3. The van der Waals surface area contributed by atoms with Gasteiger partial charge in [-0.05, 0) is 30.2 Å². The minimum atomic E-state index is -0.569. The van der Waals surface area contributed by atoms with E-state index in [-0.39, 0.29) is 5.91 Å². The topological polar surface area (TPSA) is 82.0 Å². The van der Waals surface area contributed by atoms with E-state index in [1.165, 1.54) is 0 Å². The molecule has 3 rings (SSSR count). The zero-order valence-corrected chi connectivity index (χ0v) is 13.1. The molecule has 0 bridgehead atoms. The van der Waals surface area contributed by atoms with Crippen molar-refractivity contribution < 1.29 is 14.8 Å². The van der Waals surface area contributed by atoms with Gasteiger partial charge in [0.15, 0.2) is 0 Å². The Hall–Kier alpha value is -3.15. The summed E-state index contributed by atoms with van der Waals surface area (Å²) in [5.41, 5.74) is 2.65. The van der Waals surface area contributed by atoms with Crippen LogP contribution >= 0.6 is 0 Å². The Bertz CT molecular complexity index is 785. The average Bonchev–Trinajstić information content (AvgIpc) is 2.89. The molecular weight excluding hydrogens is 306 g/mol. The van der Waals surface area contributed by atoms with E-state index in [1.807, 2.05) is 30.3 Å². The summed E-state index contributed by atoms with van der Waals surface area (Å²) in [6.45, 7) is 1.67. The number of urea groups is 1. The molecule has 24 heavy (non-hydrogen) atoms. The Balaban J connectivity index is 1.79. The minimum Gasteiger partial charge on any atom is -0.411 e. The van der Waals surface area contributed by atoms with Crippen LogP contribution in [-0.4, -0.2) is 28.9 Å². The van der Waals surface area contributed by atoms with Crippen molar-refractivity contribution in [1.82, 2.24) is 5.32 Å². The Morgan fingerprint density at radius 3 is 2.42 bits per heavy atom. The van der Waals surface area contributed by atoms with Crippen LogP contribution < -0.4 is 10.2 Å². The Morgan fingerprint density at radius 1 is 1.12 bits per heavy atom. The molecule has 6 heteroatoms. The molecule has 2 aromatic rings. The zero-order chi connectivity index (χ0) is 17.1. The largest absolute Gasteiger partial charge is 0.411 e. The first kappa shape index (κ1) is 15.7. The van der Waals surface area contributed by atoms with Crippen LogP contribution in [0.5, 0.6) is 0 Å². The molecule has 0 saturated carbocycles. The van der Waals surface area contributed by atoms with Crippen LogP contribution in [0.25, 0.3) is 0 Å². The van der Waals surface area contributed by atoms with Gasteiger partial charge in [-0.15, -0.1) is 0 Å². The van der Waals surface area contributed by atoms with E-state index >= 15 is 0 Å². The summed E-state index contributed by atoms with van der Waals surface area (Å²) in [6.07, 6.45) is 0.455. The van der Waals surface area contributed by atoms with Crippen molar-refractivity contribution in [2.24, 2.45) is 5.16 Å². The second-order valence-electron chi connectivity index (χ2n) is 5.60. The fraction of sp³-hybridized carbons (Fsp3) is 0.167. The number of oxime groups is 1. The molecule has 1 aliphatic rings. The van der Waals surface area contributed by atoms with Crippen LogP contribution in [-0.2, 0) is 11.2 Å². The van der Waals surface area contributed by atoms with E-state index in [1.54, 1.807) is 31.2 Å². The smallest absolute Gasteiger partial charge is 0.329 e. The Kier molecular flexibility index (Phi) is 4.29. The highest BCUT2D eigenvalue weighted by Gasteiger charge is 2.38. The lowest BCUT2D eigenvalue weighted by molar-refractivity contribution is -0.118. The molecule has 1 saturated heterocycles. The molecule has 1 atom stereocenters. The fourth-order valence-corrected chi connectivity index (χ4v) is 2.67. The van der Waals surface area contributed by atoms with Gasteiger partial charge in [0.2, 0.25) is 0 Å². The van der Waals surface area contributed by atoms with Crippen molar-refractivity contribution in [1.29, 1.82) is 0 Å². The van der Waals surface area contributed by atoms with Crippen molar-refractivity contribution in [2.75, 3.05) is 4.90 Å². The van der Waals surface area contributed by atoms with E-state index in [2.05, 4.69) is 10.5 Å². The second kappa shape index (κ2) is 6.54. The summed E-state index contributed by atoms with van der Waals surface area (Å²) in [6, 6.07) is 15.3. The Morgan fingerprint density at radius 2 is 1.79 bits per heavy atom. The van der Waals surface area contributed by atoms with Gasteiger partial charge in [0.25, 0.3) is 5.91 Å². The minimum absolute atomic E-state index is 0.274. The van der Waals surface area contributed by atoms with Gasteiger partial charge in [-0.1, -0.05) is 47.6 Å². The van der Waals surface area contributed by atoms with Crippen LogP contribution in [0.15, 0.2) is 59.8 Å². The van der Waals surface area contributed by atoms with Gasteiger partial charge in [0.1, 0.15) is 6.04 Å². The molecule has 0 aromatic heterocycles. The summed E-state index contributed by atoms with van der Waals surface area (Å²) < 4.78 is 0. The van der Waals surface area contributed by atoms with Gasteiger partial charge >= 0.3 is 6.03 Å². The lowest BCUT2D eigenvalue weighted by Crippen LogP contribution is -2.32. The summed E-state index contributed by atoms with van der Waals surface area (Å²) in [5, 5.41) is 14.6. The van der Waals surface area contributed by atoms with Crippen LogP contribution in [0.1, 0.15) is 18.1 Å². The first-order chi connectivity index (χ1) is 11.6. The van der Waals surface area contributed by atoms with Gasteiger partial charge in [0.05, 0.1) is 11.4 Å². The van der Waals surface area contributed by atoms with E-state index in [0.717, 1.165) is 10.5 Å². The molecule has 3 amide bonds. The van der Waals surface area contributed by atoms with Crippen molar-refractivity contribution in [3.63, 3.8) is 0 Å². The number of anilines is 1. The summed E-state index contributed by atoms with van der Waals surface area (Å²) in [5.74, 6) is -0.274. The molecule has 1 fully saturated rings. The van der Waals surface area contributed by atoms with E-state index < -0.39 is 12.1 Å². The number of rotatable bonds is 4. The lowest BCUT2D eigenvalue weighted by atomic mass is 10.1. The van der Waals surface area contributed by atoms with Crippen molar-refractivity contribution in [3.8, 4) is 0 Å². The maximum atomic E-state index is 12.6. The van der Waals surface area contributed by atoms with Gasteiger partial charge < -0.3 is 10.5 Å². The van der Waals surface area contributed by atoms with Crippen LogP contribution in [0.4, 0.5) is 10.5 Å². The van der Waals surface area contributed by atoms with Gasteiger partial charge in [-0.2, -0.15) is 0 Å². The second-order valence-corrected chi connectivity index (χ2v) is 5.60. The monoisotopic (exact) mass is 323 g/mol. The van der Waals surface area contributed by atoms with E-state index in [0.29, 0.717) is 23.4 Å². The molecule has 0 radical (unpaired) electrons. The summed E-state index contributed by atoms with van der Waals surface area (Å²) in [7, 11) is 0. The maximum absolute atomic E-state index is 12.6. The average molecular weight is 323 g/mol. The molecule has 0 spiro atoms. The number of nitrogens with one attached hydrogen (secondary N) is 1. The van der Waals surface area contributed by atoms with E-state index in [4.69, 9.17) is 5.21 Å². The summed E-state index contributed by atoms with van der Waals surface area (Å²) >= 11 is 0. The highest BCUT2D eigenvalue weighted by atomic mass is 16.4. The van der Waals surface area contributed by atoms with E-state index in [9.17, 15) is 9.59 Å². The van der Waals surface area contributed by atoms with Crippen LogP contribution in [0, 0.1) is 0 Å². The number of benzene rings is 2. The van der Waals surface area contributed by atoms with Crippen molar-refractivity contribution in [3.05, 3.63) is 65.7 Å². The first-order valence-corrected chi connectivity index (χ1v) is 7.57. The number of carbonyl (C=O) groups is 2. The highest BCUT2D eigenvalue weighted by molar-refractivity contribution is 6.21. The number of carbonyl (C=O) groups excluding carboxylic acids is 2. The number of hydrogen-bond acceptors (Lipinski definition) is 4. The quantitative estimate of drug-likeness (QED) is 0.393. The molecule has 6 nitrogen and oxygen atoms in total. The third-order valence-electron chi connectivity index (χ3n) is 4.00. The molecule has 0 aliphatic carbocycles. The molecule has 2 aromatic carbocycles. The van der Waals surface area contributed by atoms with Crippen molar-refractivity contribution in [2.45, 2.75) is 19.4 Å². The van der Waals surface area contributed by atoms with Gasteiger partial charge in [0, 0.05) is 6.42 Å². The highest BCUT2D eigenvalue weighted by Crippen LogP contribution is 2.22. The number of hydrogen-bond donors (Lipinski definition) is 2. The van der Waals surface area contributed by atoms with Gasteiger partial charge in [-0.3, -0.25) is 4.79 Å². The van der Waals surface area contributed by atoms with Crippen LogP contribution in [0.2, 0.25) is 0 Å². The van der Waals surface area contributed by atoms with Gasteiger partial charge in [-0.25, -0.2) is 9.69 Å². The summed E-state index contributed by atoms with van der Waals surface area (Å²) in [4.78, 5) is 25.9. The predicted molar refractivity (Wildman–Crippen MR) is 90.4 cm³/mol. The standard InChI is InChI=1S/C18H17N3O3/c1-12(20-24)14-7-9-15(10-8-14)21-17(22)16(19-18(21)23)11-13-5-3-2-4-6-13/h2-10,16,24H,11H2,1H3,(H,19,23)/b20-12+. The lowest BCUT2D eigenvalue weighted by Gasteiger charge is -2.13. The number of amides is 3. The molecule has 1 heterocycles. The predicted octanol–water partition coefficient (Wildman–Crippen LogP) is 2.55. The molecule has 122 valence electrons. The first-order valence-electron chi connectivity index (χ1n) is 7.57. The SMILES string of the molecule is C/C(=N\O)c1ccc(N2C(=O)NC(Cc3ccccc3)C2=O)cc1. The normalized spacial score (nSPS) is 18.0. The Labute approximate surface area is 139 Å². The van der Waals surface area contributed by atoms with Crippen LogP contribution in [0.3, 0.4) is 0 Å². The molecule has 2 N–H and O–H groups in total. The third-order valence-corrected chi connectivity index (χ3v) is 4.00. The fourth-order valence-electron chi connectivity index (χ4n) is 2.67. The number of imide groups is 1. The third kappa shape index (κ3) is 2.99.